The van der Waals surface area contributed by atoms with Gasteiger partial charge in [-0.2, -0.15) is 0 Å². The van der Waals surface area contributed by atoms with Gasteiger partial charge in [-0.3, -0.25) is 4.79 Å². The van der Waals surface area contributed by atoms with Crippen molar-refractivity contribution in [2.24, 2.45) is 11.7 Å². The van der Waals surface area contributed by atoms with Crippen molar-refractivity contribution in [1.29, 1.82) is 0 Å². The number of nitrogens with zero attached hydrogens (tertiary/aromatic N) is 1. The summed E-state index contributed by atoms with van der Waals surface area (Å²) in [6.45, 7) is 2.99. The number of carboxylic acid groups (broad SMARTS) is 1. The Labute approximate surface area is 124 Å². The molecule has 2 atom stereocenters. The standard InChI is InChI=1S/C16H22N2O3/c1-2-11-7-8-18(14(9-11)16(20)21)15(19)13-5-3-12(10-17)4-6-13/h3-6,11,14H,2,7-10,17H2,1H3,(H,20,21). The van der Waals surface area contributed by atoms with Gasteiger partial charge in [0.2, 0.25) is 0 Å². The first-order chi connectivity index (χ1) is 10.1. The van der Waals surface area contributed by atoms with Crippen LogP contribution >= 0.6 is 0 Å². The first-order valence-corrected chi connectivity index (χ1v) is 7.39. The van der Waals surface area contributed by atoms with Crippen LogP contribution in [-0.2, 0) is 11.3 Å². The minimum Gasteiger partial charge on any atom is -0.480 e. The third-order valence-electron chi connectivity index (χ3n) is 4.27. The Morgan fingerprint density at radius 1 is 1.33 bits per heavy atom. The number of nitrogens with two attached hydrogens (primary N) is 1. The van der Waals surface area contributed by atoms with E-state index in [1.807, 2.05) is 12.1 Å². The summed E-state index contributed by atoms with van der Waals surface area (Å²) in [7, 11) is 0. The number of carboxylic acids is 1. The Bertz CT molecular complexity index is 513. The van der Waals surface area contributed by atoms with Crippen molar-refractivity contribution in [2.45, 2.75) is 38.8 Å². The molecule has 1 fully saturated rings. The van der Waals surface area contributed by atoms with Gasteiger partial charge < -0.3 is 15.7 Å². The number of amides is 1. The average molecular weight is 290 g/mol. The van der Waals surface area contributed by atoms with Crippen LogP contribution in [0.1, 0.15) is 42.1 Å². The number of piperidine rings is 1. The molecule has 0 aromatic heterocycles. The number of rotatable bonds is 4. The van der Waals surface area contributed by atoms with Crippen LogP contribution in [0.4, 0.5) is 0 Å². The fourth-order valence-corrected chi connectivity index (χ4v) is 2.84. The Hall–Kier alpha value is -1.88. The maximum absolute atomic E-state index is 12.5. The maximum atomic E-state index is 12.5. The Morgan fingerprint density at radius 2 is 2.00 bits per heavy atom. The number of hydrogen-bond donors (Lipinski definition) is 2. The minimum absolute atomic E-state index is 0.208. The summed E-state index contributed by atoms with van der Waals surface area (Å²) in [5.41, 5.74) is 7.01. The van der Waals surface area contributed by atoms with E-state index in [-0.39, 0.29) is 5.91 Å². The van der Waals surface area contributed by atoms with Gasteiger partial charge in [0.05, 0.1) is 0 Å². The minimum atomic E-state index is -0.917. The third-order valence-corrected chi connectivity index (χ3v) is 4.27. The Balaban J connectivity index is 2.17. The zero-order valence-corrected chi connectivity index (χ0v) is 12.3. The predicted molar refractivity (Wildman–Crippen MR) is 79.8 cm³/mol. The van der Waals surface area contributed by atoms with Gasteiger partial charge in [-0.25, -0.2) is 4.79 Å². The van der Waals surface area contributed by atoms with Gasteiger partial charge in [-0.05, 0) is 36.5 Å². The van der Waals surface area contributed by atoms with Crippen LogP contribution in [0.3, 0.4) is 0 Å². The van der Waals surface area contributed by atoms with E-state index < -0.39 is 12.0 Å². The molecule has 0 aliphatic carbocycles. The molecule has 0 spiro atoms. The highest BCUT2D eigenvalue weighted by Gasteiger charge is 2.35. The van der Waals surface area contributed by atoms with Crippen LogP contribution in [-0.4, -0.2) is 34.5 Å². The molecule has 1 aromatic carbocycles. The van der Waals surface area contributed by atoms with Gasteiger partial charge in [0.15, 0.2) is 0 Å². The fourth-order valence-electron chi connectivity index (χ4n) is 2.84. The lowest BCUT2D eigenvalue weighted by Crippen LogP contribution is -2.50. The SMILES string of the molecule is CCC1CCN(C(=O)c2ccc(CN)cc2)C(C(=O)O)C1. The Kier molecular flexibility index (Phi) is 4.96. The number of carbonyl (C=O) groups excluding carboxylic acids is 1. The number of benzene rings is 1. The predicted octanol–water partition coefficient (Wildman–Crippen LogP) is 1.86. The molecule has 1 aromatic rings. The lowest BCUT2D eigenvalue weighted by molar-refractivity contribution is -0.144. The second-order valence-corrected chi connectivity index (χ2v) is 5.55. The summed E-state index contributed by atoms with van der Waals surface area (Å²) in [4.78, 5) is 25.5. The van der Waals surface area contributed by atoms with Gasteiger partial charge in [0.25, 0.3) is 5.91 Å². The molecule has 3 N–H and O–H groups in total. The molecular formula is C16H22N2O3. The van der Waals surface area contributed by atoms with Gasteiger partial charge in [-0.1, -0.05) is 25.5 Å². The zero-order valence-electron chi connectivity index (χ0n) is 12.3. The Morgan fingerprint density at radius 3 is 2.52 bits per heavy atom. The van der Waals surface area contributed by atoms with Crippen LogP contribution in [0.5, 0.6) is 0 Å². The van der Waals surface area contributed by atoms with Crippen LogP contribution in [0.2, 0.25) is 0 Å². The molecule has 1 aliphatic heterocycles. The summed E-state index contributed by atoms with van der Waals surface area (Å²) in [6.07, 6.45) is 2.36. The second-order valence-electron chi connectivity index (χ2n) is 5.55. The van der Waals surface area contributed by atoms with E-state index in [0.29, 0.717) is 31.0 Å². The van der Waals surface area contributed by atoms with E-state index in [9.17, 15) is 14.7 Å². The molecular weight excluding hydrogens is 268 g/mol. The van der Waals surface area contributed by atoms with Crippen LogP contribution < -0.4 is 5.73 Å². The molecule has 0 bridgehead atoms. The smallest absolute Gasteiger partial charge is 0.326 e. The first-order valence-electron chi connectivity index (χ1n) is 7.39. The molecule has 2 unspecified atom stereocenters. The second kappa shape index (κ2) is 6.72. The van der Waals surface area contributed by atoms with Gasteiger partial charge in [-0.15, -0.1) is 0 Å². The topological polar surface area (TPSA) is 83.6 Å². The normalized spacial score (nSPS) is 22.1. The fraction of sp³-hybridized carbons (Fsp3) is 0.500. The quantitative estimate of drug-likeness (QED) is 0.886. The zero-order chi connectivity index (χ0) is 15.4. The number of aliphatic carboxylic acids is 1. The lowest BCUT2D eigenvalue weighted by Gasteiger charge is -2.37. The molecule has 2 rings (SSSR count). The highest BCUT2D eigenvalue weighted by molar-refractivity contribution is 5.96. The van der Waals surface area contributed by atoms with Crippen LogP contribution in [0, 0.1) is 5.92 Å². The molecule has 114 valence electrons. The van der Waals surface area contributed by atoms with E-state index >= 15 is 0 Å². The largest absolute Gasteiger partial charge is 0.480 e. The third kappa shape index (κ3) is 3.42. The number of hydrogen-bond acceptors (Lipinski definition) is 3. The van der Waals surface area contributed by atoms with E-state index in [2.05, 4.69) is 6.92 Å². The van der Waals surface area contributed by atoms with Crippen molar-refractivity contribution in [3.05, 3.63) is 35.4 Å². The molecule has 21 heavy (non-hydrogen) atoms. The molecule has 5 heteroatoms. The van der Waals surface area contributed by atoms with Crippen molar-refractivity contribution in [2.75, 3.05) is 6.54 Å². The molecule has 1 heterocycles. The molecule has 1 amide bonds. The lowest BCUT2D eigenvalue weighted by atomic mass is 9.88. The highest BCUT2D eigenvalue weighted by atomic mass is 16.4. The van der Waals surface area contributed by atoms with Crippen molar-refractivity contribution in [3.8, 4) is 0 Å². The summed E-state index contributed by atoms with van der Waals surface area (Å²) in [5, 5.41) is 9.39. The van der Waals surface area contributed by atoms with Gasteiger partial charge in [0.1, 0.15) is 6.04 Å². The average Bonchev–Trinajstić information content (AvgIpc) is 2.53. The number of carbonyl (C=O) groups is 2. The highest BCUT2D eigenvalue weighted by Crippen LogP contribution is 2.27. The summed E-state index contributed by atoms with van der Waals surface area (Å²) in [6, 6.07) is 6.33. The van der Waals surface area contributed by atoms with Gasteiger partial charge >= 0.3 is 5.97 Å². The monoisotopic (exact) mass is 290 g/mol. The van der Waals surface area contributed by atoms with Crippen LogP contribution in [0.25, 0.3) is 0 Å². The summed E-state index contributed by atoms with van der Waals surface area (Å²) >= 11 is 0. The van der Waals surface area contributed by atoms with Crippen LogP contribution in [0.15, 0.2) is 24.3 Å². The molecule has 1 saturated heterocycles. The van der Waals surface area contributed by atoms with Gasteiger partial charge in [0, 0.05) is 18.7 Å². The molecule has 0 radical (unpaired) electrons. The maximum Gasteiger partial charge on any atom is 0.326 e. The molecule has 1 aliphatic rings. The van der Waals surface area contributed by atoms with E-state index in [1.54, 1.807) is 12.1 Å². The van der Waals surface area contributed by atoms with E-state index in [4.69, 9.17) is 5.73 Å². The van der Waals surface area contributed by atoms with E-state index in [1.165, 1.54) is 4.90 Å². The van der Waals surface area contributed by atoms with Crippen molar-refractivity contribution < 1.29 is 14.7 Å². The van der Waals surface area contributed by atoms with E-state index in [0.717, 1.165) is 18.4 Å². The first kappa shape index (κ1) is 15.5. The summed E-state index contributed by atoms with van der Waals surface area (Å²) < 4.78 is 0. The van der Waals surface area contributed by atoms with Crippen molar-refractivity contribution in [3.63, 3.8) is 0 Å². The summed E-state index contributed by atoms with van der Waals surface area (Å²) in [5.74, 6) is -0.740. The van der Waals surface area contributed by atoms with Crippen molar-refractivity contribution in [1.82, 2.24) is 4.90 Å². The molecule has 5 nitrogen and oxygen atoms in total. The molecule has 0 saturated carbocycles. The van der Waals surface area contributed by atoms with Crippen molar-refractivity contribution >= 4 is 11.9 Å². The number of likely N-dealkylation sites (tertiary alicyclic amines) is 1.